The Bertz CT molecular complexity index is 1530. The van der Waals surface area contributed by atoms with Crippen LogP contribution < -0.4 is 10.1 Å². The molecule has 1 N–H and O–H groups in total. The van der Waals surface area contributed by atoms with Gasteiger partial charge in [-0.3, -0.25) is 4.79 Å². The lowest BCUT2D eigenvalue weighted by atomic mass is 9.88. The molecule has 0 saturated heterocycles. The molecule has 198 valence electrons. The summed E-state index contributed by atoms with van der Waals surface area (Å²) in [5.41, 5.74) is 4.08. The van der Waals surface area contributed by atoms with Gasteiger partial charge < -0.3 is 19.4 Å². The number of nitrogens with one attached hydrogen (secondary N) is 1. The predicted octanol–water partition coefficient (Wildman–Crippen LogP) is 6.91. The molecule has 0 radical (unpaired) electrons. The van der Waals surface area contributed by atoms with E-state index in [0.717, 1.165) is 33.3 Å². The molecule has 5 aromatic rings. The summed E-state index contributed by atoms with van der Waals surface area (Å²) in [4.78, 5) is 13.1. The summed E-state index contributed by atoms with van der Waals surface area (Å²) >= 11 is 0. The summed E-state index contributed by atoms with van der Waals surface area (Å²) in [7, 11) is 1.61. The maximum absolute atomic E-state index is 13.5. The number of methoxy groups -OCH3 is 1. The number of fused-ring (bicyclic) bond motifs is 1. The monoisotopic (exact) mass is 522 g/mol. The van der Waals surface area contributed by atoms with Gasteiger partial charge in [0, 0.05) is 49.6 Å². The number of halogens is 1. The molecule has 0 aliphatic rings. The molecule has 0 bridgehead atoms. The number of nitrogens with zero attached hydrogens (tertiary/aromatic N) is 1. The molecule has 6 heteroatoms. The minimum absolute atomic E-state index is 0.0539. The van der Waals surface area contributed by atoms with Crippen LogP contribution in [0.5, 0.6) is 11.5 Å². The Labute approximate surface area is 227 Å². The molecule has 0 unspecified atom stereocenters. The fraction of sp³-hybridized carbons (Fsp3) is 0.182. The van der Waals surface area contributed by atoms with Crippen LogP contribution in [0.4, 0.5) is 4.39 Å². The van der Waals surface area contributed by atoms with Crippen molar-refractivity contribution < 1.29 is 18.7 Å². The van der Waals surface area contributed by atoms with E-state index < -0.39 is 0 Å². The molecule has 0 aliphatic heterocycles. The van der Waals surface area contributed by atoms with Gasteiger partial charge in [0.2, 0.25) is 5.91 Å². The van der Waals surface area contributed by atoms with E-state index in [4.69, 9.17) is 9.47 Å². The standard InChI is InChI=1S/C33H31FN2O3/c1-38-19-18-35-33(37)21-30(25-8-7-11-28(20-25)39-27-9-3-2-4-10-27)31-23-36(32-13-6-5-12-29(31)32)22-24-14-16-26(34)17-15-24/h2-17,20,23,30H,18-19,21-22H2,1H3,(H,35,37)/t30-/m0/s1. The van der Waals surface area contributed by atoms with Crippen molar-refractivity contribution in [1.29, 1.82) is 0 Å². The Kier molecular flexibility index (Phi) is 8.34. The van der Waals surface area contributed by atoms with Gasteiger partial charge in [0.15, 0.2) is 0 Å². The van der Waals surface area contributed by atoms with Crippen molar-refractivity contribution >= 4 is 16.8 Å². The van der Waals surface area contributed by atoms with Gasteiger partial charge >= 0.3 is 0 Å². The number of amides is 1. The Balaban J connectivity index is 1.53. The number of hydrogen-bond acceptors (Lipinski definition) is 3. The Morgan fingerprint density at radius 3 is 2.44 bits per heavy atom. The second kappa shape index (κ2) is 12.4. The zero-order valence-electron chi connectivity index (χ0n) is 21.8. The van der Waals surface area contributed by atoms with Gasteiger partial charge in [-0.1, -0.05) is 60.7 Å². The van der Waals surface area contributed by atoms with Gasteiger partial charge in [-0.2, -0.15) is 0 Å². The number of carbonyl (C=O) groups is 1. The van der Waals surface area contributed by atoms with E-state index in [1.807, 2.05) is 66.7 Å². The first kappa shape index (κ1) is 26.2. The molecule has 0 aliphatic carbocycles. The molecule has 1 amide bonds. The van der Waals surface area contributed by atoms with Crippen LogP contribution in [-0.2, 0) is 16.1 Å². The van der Waals surface area contributed by atoms with E-state index in [1.165, 1.54) is 12.1 Å². The maximum Gasteiger partial charge on any atom is 0.221 e. The second-order valence-electron chi connectivity index (χ2n) is 9.44. The first-order chi connectivity index (χ1) is 19.1. The summed E-state index contributed by atoms with van der Waals surface area (Å²) in [5, 5.41) is 4.04. The van der Waals surface area contributed by atoms with Gasteiger partial charge in [-0.15, -0.1) is 0 Å². The molecule has 1 aromatic heterocycles. The Hall–Kier alpha value is -4.42. The van der Waals surface area contributed by atoms with E-state index in [1.54, 1.807) is 19.2 Å². The summed E-state index contributed by atoms with van der Waals surface area (Å²) in [6.07, 6.45) is 2.38. The highest BCUT2D eigenvalue weighted by atomic mass is 19.1. The molecule has 5 rings (SSSR count). The van der Waals surface area contributed by atoms with Crippen LogP contribution in [0.1, 0.15) is 29.0 Å². The van der Waals surface area contributed by atoms with Gasteiger partial charge in [0.1, 0.15) is 17.3 Å². The van der Waals surface area contributed by atoms with Crippen molar-refractivity contribution in [2.75, 3.05) is 20.3 Å². The molecule has 0 fully saturated rings. The van der Waals surface area contributed by atoms with Crippen molar-refractivity contribution in [3.63, 3.8) is 0 Å². The molecule has 0 saturated carbocycles. The topological polar surface area (TPSA) is 52.5 Å². The molecular weight excluding hydrogens is 491 g/mol. The largest absolute Gasteiger partial charge is 0.457 e. The van der Waals surface area contributed by atoms with Gasteiger partial charge in [0.05, 0.1) is 6.61 Å². The summed E-state index contributed by atoms with van der Waals surface area (Å²) in [6.45, 7) is 1.49. The van der Waals surface area contributed by atoms with Crippen LogP contribution in [0.3, 0.4) is 0 Å². The average Bonchev–Trinajstić information content (AvgIpc) is 3.32. The third-order valence-corrected chi connectivity index (χ3v) is 6.72. The van der Waals surface area contributed by atoms with Crippen molar-refractivity contribution in [2.45, 2.75) is 18.9 Å². The van der Waals surface area contributed by atoms with Crippen molar-refractivity contribution in [3.8, 4) is 11.5 Å². The summed E-state index contributed by atoms with van der Waals surface area (Å²) < 4.78 is 26.9. The molecule has 0 spiro atoms. The van der Waals surface area contributed by atoms with E-state index in [0.29, 0.717) is 25.4 Å². The number of rotatable bonds is 11. The molecule has 1 heterocycles. The number of ether oxygens (including phenoxy) is 2. The number of carbonyl (C=O) groups excluding carboxylic acids is 1. The Morgan fingerprint density at radius 1 is 0.897 bits per heavy atom. The summed E-state index contributed by atoms with van der Waals surface area (Å²) in [5.74, 6) is 0.930. The Morgan fingerprint density at radius 2 is 1.64 bits per heavy atom. The van der Waals surface area contributed by atoms with E-state index in [2.05, 4.69) is 28.2 Å². The van der Waals surface area contributed by atoms with E-state index in [9.17, 15) is 9.18 Å². The quantitative estimate of drug-likeness (QED) is 0.192. The third kappa shape index (κ3) is 6.54. The highest BCUT2D eigenvalue weighted by Crippen LogP contribution is 2.37. The molecular formula is C33H31FN2O3. The fourth-order valence-electron chi connectivity index (χ4n) is 4.85. The average molecular weight is 523 g/mol. The smallest absolute Gasteiger partial charge is 0.221 e. The zero-order chi connectivity index (χ0) is 27.0. The maximum atomic E-state index is 13.5. The number of hydrogen-bond donors (Lipinski definition) is 1. The molecule has 5 nitrogen and oxygen atoms in total. The minimum atomic E-state index is -0.256. The second-order valence-corrected chi connectivity index (χ2v) is 9.44. The van der Waals surface area contributed by atoms with Crippen molar-refractivity contribution in [2.24, 2.45) is 0 Å². The van der Waals surface area contributed by atoms with Crippen LogP contribution in [0, 0.1) is 5.82 Å². The summed E-state index contributed by atoms with van der Waals surface area (Å²) in [6, 6.07) is 32.3. The van der Waals surface area contributed by atoms with Crippen LogP contribution >= 0.6 is 0 Å². The minimum Gasteiger partial charge on any atom is -0.457 e. The van der Waals surface area contributed by atoms with Crippen LogP contribution in [0.25, 0.3) is 10.9 Å². The number of para-hydroxylation sites is 2. The lowest BCUT2D eigenvalue weighted by molar-refractivity contribution is -0.121. The molecule has 4 aromatic carbocycles. The van der Waals surface area contributed by atoms with Crippen LogP contribution in [0.15, 0.2) is 109 Å². The van der Waals surface area contributed by atoms with Gasteiger partial charge in [-0.25, -0.2) is 4.39 Å². The highest BCUT2D eigenvalue weighted by molar-refractivity contribution is 5.87. The third-order valence-electron chi connectivity index (χ3n) is 6.72. The van der Waals surface area contributed by atoms with Crippen LogP contribution in [0.2, 0.25) is 0 Å². The van der Waals surface area contributed by atoms with Crippen molar-refractivity contribution in [1.82, 2.24) is 9.88 Å². The lowest BCUT2D eigenvalue weighted by Crippen LogP contribution is -2.28. The van der Waals surface area contributed by atoms with Gasteiger partial charge in [0.25, 0.3) is 0 Å². The fourth-order valence-corrected chi connectivity index (χ4v) is 4.85. The van der Waals surface area contributed by atoms with E-state index in [-0.39, 0.29) is 24.1 Å². The normalized spacial score (nSPS) is 11.8. The first-order valence-electron chi connectivity index (χ1n) is 13.0. The van der Waals surface area contributed by atoms with E-state index >= 15 is 0 Å². The molecule has 39 heavy (non-hydrogen) atoms. The zero-order valence-corrected chi connectivity index (χ0v) is 21.8. The number of benzene rings is 4. The van der Waals surface area contributed by atoms with Crippen molar-refractivity contribution in [3.05, 3.63) is 132 Å². The number of aromatic nitrogens is 1. The molecule has 1 atom stereocenters. The highest BCUT2D eigenvalue weighted by Gasteiger charge is 2.23. The van der Waals surface area contributed by atoms with Crippen LogP contribution in [-0.4, -0.2) is 30.7 Å². The van der Waals surface area contributed by atoms with Gasteiger partial charge in [-0.05, 0) is 59.2 Å². The predicted molar refractivity (Wildman–Crippen MR) is 152 cm³/mol. The first-order valence-corrected chi connectivity index (χ1v) is 13.0. The SMILES string of the molecule is COCCNC(=O)C[C@@H](c1cccc(Oc2ccccc2)c1)c1cn(Cc2ccc(F)cc2)c2ccccc12. The lowest BCUT2D eigenvalue weighted by Gasteiger charge is -2.18.